The molecule has 3 heteroatoms. The van der Waals surface area contributed by atoms with Crippen LogP contribution in [0.1, 0.15) is 16.8 Å². The fraction of sp³-hybridized carbons (Fsp3) is 0.250. The van der Waals surface area contributed by atoms with Crippen molar-refractivity contribution in [2.75, 3.05) is 0 Å². The van der Waals surface area contributed by atoms with E-state index in [1.54, 1.807) is 6.26 Å². The molecule has 0 aliphatic rings. The van der Waals surface area contributed by atoms with Crippen LogP contribution in [-0.4, -0.2) is 4.98 Å². The van der Waals surface area contributed by atoms with Gasteiger partial charge in [-0.1, -0.05) is 18.2 Å². The molecule has 1 aromatic carbocycles. The fourth-order valence-electron chi connectivity index (χ4n) is 1.63. The predicted molar refractivity (Wildman–Crippen MR) is 61.0 cm³/mol. The summed E-state index contributed by atoms with van der Waals surface area (Å²) in [6.45, 7) is 4.10. The molecule has 78 valence electrons. The van der Waals surface area contributed by atoms with E-state index in [9.17, 15) is 0 Å². The summed E-state index contributed by atoms with van der Waals surface area (Å²) >= 11 is 5.68. The topological polar surface area (TPSA) is 26.0 Å². The Bertz CT molecular complexity index is 456. The Balaban J connectivity index is 2.53. The van der Waals surface area contributed by atoms with E-state index in [0.717, 1.165) is 22.4 Å². The standard InChI is InChI=1S/C12H12ClNO/c1-8-4-3-5-9(2)11(8)12-14-10(6-13)7-15-12/h3-5,7H,6H2,1-2H3. The summed E-state index contributed by atoms with van der Waals surface area (Å²) in [6, 6.07) is 6.12. The minimum Gasteiger partial charge on any atom is -0.444 e. The van der Waals surface area contributed by atoms with Crippen molar-refractivity contribution in [1.29, 1.82) is 0 Å². The van der Waals surface area contributed by atoms with Gasteiger partial charge in [0.2, 0.25) is 5.89 Å². The molecule has 0 saturated carbocycles. The molecule has 0 radical (unpaired) electrons. The third kappa shape index (κ3) is 1.90. The first kappa shape index (κ1) is 10.2. The van der Waals surface area contributed by atoms with E-state index in [0.29, 0.717) is 11.8 Å². The average Bonchev–Trinajstić information content (AvgIpc) is 2.66. The maximum Gasteiger partial charge on any atom is 0.226 e. The molecule has 15 heavy (non-hydrogen) atoms. The smallest absolute Gasteiger partial charge is 0.226 e. The van der Waals surface area contributed by atoms with Crippen LogP contribution in [0.3, 0.4) is 0 Å². The summed E-state index contributed by atoms with van der Waals surface area (Å²) < 4.78 is 5.41. The Labute approximate surface area is 93.9 Å². The van der Waals surface area contributed by atoms with Crippen molar-refractivity contribution < 1.29 is 4.42 Å². The number of rotatable bonds is 2. The van der Waals surface area contributed by atoms with Crippen LogP contribution in [-0.2, 0) is 5.88 Å². The van der Waals surface area contributed by atoms with Crippen molar-refractivity contribution in [2.24, 2.45) is 0 Å². The molecule has 0 fully saturated rings. The number of hydrogen-bond acceptors (Lipinski definition) is 2. The van der Waals surface area contributed by atoms with E-state index >= 15 is 0 Å². The van der Waals surface area contributed by atoms with Crippen LogP contribution in [0.15, 0.2) is 28.9 Å². The number of benzene rings is 1. The maximum absolute atomic E-state index is 5.68. The zero-order valence-corrected chi connectivity index (χ0v) is 9.51. The number of aryl methyl sites for hydroxylation is 2. The first-order valence-corrected chi connectivity index (χ1v) is 5.33. The van der Waals surface area contributed by atoms with Gasteiger partial charge in [0.05, 0.1) is 11.6 Å². The monoisotopic (exact) mass is 221 g/mol. The largest absolute Gasteiger partial charge is 0.444 e. The summed E-state index contributed by atoms with van der Waals surface area (Å²) in [5.74, 6) is 1.04. The van der Waals surface area contributed by atoms with Gasteiger partial charge in [-0.05, 0) is 25.0 Å². The Kier molecular flexibility index (Phi) is 2.78. The number of hydrogen-bond donors (Lipinski definition) is 0. The summed E-state index contributed by atoms with van der Waals surface area (Å²) in [7, 11) is 0. The Morgan fingerprint density at radius 3 is 2.47 bits per heavy atom. The van der Waals surface area contributed by atoms with Crippen molar-refractivity contribution in [3.63, 3.8) is 0 Å². The number of nitrogens with zero attached hydrogens (tertiary/aromatic N) is 1. The number of oxazole rings is 1. The van der Waals surface area contributed by atoms with Crippen LogP contribution in [0.2, 0.25) is 0 Å². The molecular formula is C12H12ClNO. The van der Waals surface area contributed by atoms with Crippen LogP contribution in [0.4, 0.5) is 0 Å². The van der Waals surface area contributed by atoms with E-state index in [4.69, 9.17) is 16.0 Å². The van der Waals surface area contributed by atoms with E-state index < -0.39 is 0 Å². The van der Waals surface area contributed by atoms with Gasteiger partial charge in [0.1, 0.15) is 6.26 Å². The van der Waals surface area contributed by atoms with E-state index in [2.05, 4.69) is 4.98 Å². The van der Waals surface area contributed by atoms with Gasteiger partial charge in [-0.15, -0.1) is 11.6 Å². The van der Waals surface area contributed by atoms with Gasteiger partial charge in [-0.2, -0.15) is 0 Å². The molecular weight excluding hydrogens is 210 g/mol. The minimum absolute atomic E-state index is 0.383. The van der Waals surface area contributed by atoms with Crippen molar-refractivity contribution in [2.45, 2.75) is 19.7 Å². The number of aromatic nitrogens is 1. The third-order valence-corrected chi connectivity index (χ3v) is 2.66. The summed E-state index contributed by atoms with van der Waals surface area (Å²) in [6.07, 6.45) is 1.61. The van der Waals surface area contributed by atoms with Crippen molar-refractivity contribution >= 4 is 11.6 Å². The fourth-order valence-corrected chi connectivity index (χ4v) is 1.76. The Morgan fingerprint density at radius 2 is 1.93 bits per heavy atom. The van der Waals surface area contributed by atoms with Gasteiger partial charge in [0.25, 0.3) is 0 Å². The summed E-state index contributed by atoms with van der Waals surface area (Å²) in [5, 5.41) is 0. The quantitative estimate of drug-likeness (QED) is 0.723. The summed E-state index contributed by atoms with van der Waals surface area (Å²) in [4.78, 5) is 4.32. The predicted octanol–water partition coefficient (Wildman–Crippen LogP) is 3.70. The molecule has 0 N–H and O–H groups in total. The van der Waals surface area contributed by atoms with E-state index in [-0.39, 0.29) is 0 Å². The highest BCUT2D eigenvalue weighted by Crippen LogP contribution is 2.26. The third-order valence-electron chi connectivity index (χ3n) is 2.38. The Hall–Kier alpha value is -1.28. The second-order valence-corrected chi connectivity index (χ2v) is 3.81. The Morgan fingerprint density at radius 1 is 1.27 bits per heavy atom. The van der Waals surface area contributed by atoms with Crippen molar-refractivity contribution in [3.05, 3.63) is 41.3 Å². The second-order valence-electron chi connectivity index (χ2n) is 3.54. The van der Waals surface area contributed by atoms with Crippen LogP contribution in [0.25, 0.3) is 11.5 Å². The van der Waals surface area contributed by atoms with Gasteiger partial charge in [0, 0.05) is 5.56 Å². The van der Waals surface area contributed by atoms with Crippen molar-refractivity contribution in [3.8, 4) is 11.5 Å². The van der Waals surface area contributed by atoms with Gasteiger partial charge in [-0.3, -0.25) is 0 Å². The zero-order valence-electron chi connectivity index (χ0n) is 8.75. The van der Waals surface area contributed by atoms with E-state index in [1.807, 2.05) is 32.0 Å². The van der Waals surface area contributed by atoms with Crippen LogP contribution in [0.5, 0.6) is 0 Å². The number of halogens is 1. The molecule has 0 atom stereocenters. The molecule has 2 aromatic rings. The van der Waals surface area contributed by atoms with Gasteiger partial charge >= 0.3 is 0 Å². The number of alkyl halides is 1. The van der Waals surface area contributed by atoms with Crippen molar-refractivity contribution in [1.82, 2.24) is 4.98 Å². The van der Waals surface area contributed by atoms with Crippen LogP contribution in [0, 0.1) is 13.8 Å². The lowest BCUT2D eigenvalue weighted by Crippen LogP contribution is -1.88. The molecule has 1 aromatic heterocycles. The lowest BCUT2D eigenvalue weighted by Gasteiger charge is -2.04. The normalized spacial score (nSPS) is 10.6. The highest BCUT2D eigenvalue weighted by molar-refractivity contribution is 6.16. The molecule has 1 heterocycles. The highest BCUT2D eigenvalue weighted by Gasteiger charge is 2.10. The van der Waals surface area contributed by atoms with Gasteiger partial charge < -0.3 is 4.42 Å². The molecule has 2 rings (SSSR count). The first-order valence-electron chi connectivity index (χ1n) is 4.79. The lowest BCUT2D eigenvalue weighted by molar-refractivity contribution is 0.572. The lowest BCUT2D eigenvalue weighted by atomic mass is 10.0. The molecule has 0 bridgehead atoms. The van der Waals surface area contributed by atoms with Gasteiger partial charge in [0.15, 0.2) is 0 Å². The second kappa shape index (κ2) is 4.07. The average molecular weight is 222 g/mol. The maximum atomic E-state index is 5.68. The molecule has 0 aliphatic heterocycles. The highest BCUT2D eigenvalue weighted by atomic mass is 35.5. The van der Waals surface area contributed by atoms with Crippen LogP contribution >= 0.6 is 11.6 Å². The first-order chi connectivity index (χ1) is 7.22. The molecule has 0 unspecified atom stereocenters. The molecule has 0 saturated heterocycles. The molecule has 2 nitrogen and oxygen atoms in total. The molecule has 0 aliphatic carbocycles. The zero-order chi connectivity index (χ0) is 10.8. The minimum atomic E-state index is 0.383. The van der Waals surface area contributed by atoms with Crippen LogP contribution < -0.4 is 0 Å². The van der Waals surface area contributed by atoms with E-state index in [1.165, 1.54) is 0 Å². The molecule has 0 amide bonds. The summed E-state index contributed by atoms with van der Waals surface area (Å²) in [5.41, 5.74) is 4.17. The molecule has 0 spiro atoms. The van der Waals surface area contributed by atoms with Gasteiger partial charge in [-0.25, -0.2) is 4.98 Å². The SMILES string of the molecule is Cc1cccc(C)c1-c1nc(CCl)co1.